The molecule has 5 N–H and O–H groups in total. The molecule has 2 heterocycles. The molecule has 0 bridgehead atoms. The van der Waals surface area contributed by atoms with E-state index < -0.39 is 5.91 Å². The number of amides is 1. The second kappa shape index (κ2) is 12.0. The molecule has 0 saturated heterocycles. The molecular formula is C20H26ClN3O4. The van der Waals surface area contributed by atoms with Crippen LogP contribution in [0.5, 0.6) is 0 Å². The molecule has 0 aliphatic rings. The molecule has 3 rings (SSSR count). The minimum Gasteiger partial charge on any atom is -0.448 e. The van der Waals surface area contributed by atoms with Crippen LogP contribution in [0.1, 0.15) is 36.4 Å². The van der Waals surface area contributed by atoms with Crippen LogP contribution in [0, 0.1) is 6.92 Å². The minimum absolute atomic E-state index is 0.0506. The second-order valence-electron chi connectivity index (χ2n) is 5.45. The number of nitrogens with one attached hydrogen (secondary N) is 1. The van der Waals surface area contributed by atoms with E-state index in [0.29, 0.717) is 33.8 Å². The Morgan fingerprint density at radius 1 is 1.25 bits per heavy atom. The number of hydrogen-bond donors (Lipinski definition) is 4. The van der Waals surface area contributed by atoms with Crippen LogP contribution < -0.4 is 11.1 Å². The fourth-order valence-corrected chi connectivity index (χ4v) is 2.45. The van der Waals surface area contributed by atoms with Crippen LogP contribution in [0.15, 0.2) is 41.1 Å². The highest BCUT2D eigenvalue weighted by atomic mass is 35.5. The average molecular weight is 408 g/mol. The number of carbonyl (C=O) groups is 1. The van der Waals surface area contributed by atoms with Gasteiger partial charge in [-0.15, -0.1) is 0 Å². The number of furan rings is 1. The van der Waals surface area contributed by atoms with Crippen molar-refractivity contribution in [2.45, 2.75) is 27.2 Å². The summed E-state index contributed by atoms with van der Waals surface area (Å²) >= 11 is 6.20. The predicted molar refractivity (Wildman–Crippen MR) is 112 cm³/mol. The maximum absolute atomic E-state index is 11.6. The molecule has 0 aliphatic heterocycles. The summed E-state index contributed by atoms with van der Waals surface area (Å²) < 4.78 is 5.48. The van der Waals surface area contributed by atoms with Gasteiger partial charge in [0.05, 0.1) is 16.1 Å². The van der Waals surface area contributed by atoms with Gasteiger partial charge < -0.3 is 25.7 Å². The van der Waals surface area contributed by atoms with E-state index in [4.69, 9.17) is 32.0 Å². The largest absolute Gasteiger partial charge is 0.448 e. The van der Waals surface area contributed by atoms with Crippen molar-refractivity contribution in [1.29, 1.82) is 0 Å². The van der Waals surface area contributed by atoms with Crippen molar-refractivity contribution in [2.75, 3.05) is 18.5 Å². The van der Waals surface area contributed by atoms with Gasteiger partial charge in [0.15, 0.2) is 0 Å². The third-order valence-electron chi connectivity index (χ3n) is 3.41. The lowest BCUT2D eigenvalue weighted by atomic mass is 10.2. The fraction of sp³-hybridized carbons (Fsp3) is 0.300. The monoisotopic (exact) mass is 407 g/mol. The van der Waals surface area contributed by atoms with E-state index in [1.54, 1.807) is 18.5 Å². The SMILES string of the molecule is CC.Cc1ccc(Nc2c(C(N)=O)oc3ccncc23)c(Cl)c1.OCCCO. The van der Waals surface area contributed by atoms with Crippen LogP contribution in [-0.4, -0.2) is 34.3 Å². The van der Waals surface area contributed by atoms with Crippen molar-refractivity contribution in [3.05, 3.63) is 53.0 Å². The van der Waals surface area contributed by atoms with Gasteiger partial charge in [-0.3, -0.25) is 9.78 Å². The molecule has 3 aromatic rings. The Labute approximate surface area is 169 Å². The molecule has 0 saturated carbocycles. The van der Waals surface area contributed by atoms with Crippen molar-refractivity contribution in [3.8, 4) is 0 Å². The lowest BCUT2D eigenvalue weighted by Crippen LogP contribution is -2.11. The number of nitrogens with zero attached hydrogens (tertiary/aromatic N) is 1. The Hall–Kier alpha value is -2.61. The molecule has 0 fully saturated rings. The summed E-state index contributed by atoms with van der Waals surface area (Å²) in [5.41, 5.74) is 8.07. The first-order valence-electron chi connectivity index (χ1n) is 8.89. The molecule has 0 atom stereocenters. The number of pyridine rings is 1. The van der Waals surface area contributed by atoms with Crippen LogP contribution in [0.25, 0.3) is 11.0 Å². The van der Waals surface area contributed by atoms with Crippen molar-refractivity contribution in [3.63, 3.8) is 0 Å². The number of carbonyl (C=O) groups excluding carboxylic acids is 1. The van der Waals surface area contributed by atoms with Crippen molar-refractivity contribution < 1.29 is 19.4 Å². The van der Waals surface area contributed by atoms with E-state index in [2.05, 4.69) is 10.3 Å². The highest BCUT2D eigenvalue weighted by Crippen LogP contribution is 2.34. The Bertz CT molecular complexity index is 894. The minimum atomic E-state index is -0.656. The molecular weight excluding hydrogens is 382 g/mol. The maximum Gasteiger partial charge on any atom is 0.286 e. The number of aryl methyl sites for hydroxylation is 1. The first kappa shape index (κ1) is 23.4. The first-order valence-corrected chi connectivity index (χ1v) is 9.27. The van der Waals surface area contributed by atoms with E-state index >= 15 is 0 Å². The highest BCUT2D eigenvalue weighted by Gasteiger charge is 2.19. The van der Waals surface area contributed by atoms with Crippen LogP contribution in [-0.2, 0) is 0 Å². The number of anilines is 2. The number of fused-ring (bicyclic) bond motifs is 1. The lowest BCUT2D eigenvalue weighted by Gasteiger charge is -2.08. The number of halogens is 1. The second-order valence-corrected chi connectivity index (χ2v) is 5.86. The van der Waals surface area contributed by atoms with Gasteiger partial charge in [0, 0.05) is 25.6 Å². The smallest absolute Gasteiger partial charge is 0.286 e. The van der Waals surface area contributed by atoms with Crippen molar-refractivity contribution in [1.82, 2.24) is 4.98 Å². The molecule has 28 heavy (non-hydrogen) atoms. The number of rotatable bonds is 5. The van der Waals surface area contributed by atoms with Gasteiger partial charge in [-0.2, -0.15) is 0 Å². The molecule has 2 aromatic heterocycles. The van der Waals surface area contributed by atoms with Crippen LogP contribution in [0.3, 0.4) is 0 Å². The van der Waals surface area contributed by atoms with Gasteiger partial charge in [-0.05, 0) is 37.1 Å². The van der Waals surface area contributed by atoms with E-state index in [0.717, 1.165) is 5.56 Å². The van der Waals surface area contributed by atoms with Crippen LogP contribution >= 0.6 is 11.6 Å². The van der Waals surface area contributed by atoms with Crippen molar-refractivity contribution >= 4 is 39.9 Å². The number of hydrogen-bond acceptors (Lipinski definition) is 6. The van der Waals surface area contributed by atoms with Gasteiger partial charge in [0.2, 0.25) is 5.76 Å². The van der Waals surface area contributed by atoms with Crippen LogP contribution in [0.2, 0.25) is 5.02 Å². The molecule has 8 heteroatoms. The van der Waals surface area contributed by atoms with Gasteiger partial charge in [0.1, 0.15) is 11.3 Å². The maximum atomic E-state index is 11.6. The molecule has 7 nitrogen and oxygen atoms in total. The van der Waals surface area contributed by atoms with E-state index in [9.17, 15) is 4.79 Å². The van der Waals surface area contributed by atoms with Gasteiger partial charge in [-0.25, -0.2) is 0 Å². The number of aromatic nitrogens is 1. The summed E-state index contributed by atoms with van der Waals surface area (Å²) in [5, 5.41) is 20.1. The summed E-state index contributed by atoms with van der Waals surface area (Å²) in [6, 6.07) is 7.24. The third-order valence-corrected chi connectivity index (χ3v) is 3.73. The summed E-state index contributed by atoms with van der Waals surface area (Å²) in [6.07, 6.45) is 3.69. The van der Waals surface area contributed by atoms with Gasteiger partial charge >= 0.3 is 0 Å². The molecule has 0 unspecified atom stereocenters. The van der Waals surface area contributed by atoms with E-state index in [1.807, 2.05) is 39.0 Å². The molecule has 0 aliphatic carbocycles. The zero-order valence-electron chi connectivity index (χ0n) is 16.2. The average Bonchev–Trinajstić information content (AvgIpc) is 3.06. The normalized spacial score (nSPS) is 9.79. The summed E-state index contributed by atoms with van der Waals surface area (Å²) in [6.45, 7) is 6.13. The quantitative estimate of drug-likeness (QED) is 0.506. The van der Waals surface area contributed by atoms with Gasteiger partial charge in [0.25, 0.3) is 5.91 Å². The zero-order chi connectivity index (χ0) is 21.1. The number of aliphatic hydroxyl groups excluding tert-OH is 2. The van der Waals surface area contributed by atoms with Crippen molar-refractivity contribution in [2.24, 2.45) is 5.73 Å². The zero-order valence-corrected chi connectivity index (χ0v) is 17.0. The number of nitrogens with two attached hydrogens (primary N) is 1. The van der Waals surface area contributed by atoms with E-state index in [-0.39, 0.29) is 19.0 Å². The number of primary amides is 1. The molecule has 0 spiro atoms. The first-order chi connectivity index (χ1) is 13.5. The fourth-order valence-electron chi connectivity index (χ4n) is 2.17. The number of benzene rings is 1. The Balaban J connectivity index is 0.000000490. The number of aliphatic hydroxyl groups is 2. The molecule has 0 radical (unpaired) electrons. The Morgan fingerprint density at radius 2 is 1.93 bits per heavy atom. The standard InChI is InChI=1S/C15H12ClN3O2.C3H8O2.C2H6/c1-8-2-3-11(10(16)6-8)19-13-9-7-18-5-4-12(9)21-14(13)15(17)20;4-2-1-3-5;1-2/h2-7,19H,1H3,(H2,17,20);4-5H,1-3H2;1-2H3. The Kier molecular flexibility index (Phi) is 10.0. The van der Waals surface area contributed by atoms with E-state index in [1.165, 1.54) is 0 Å². The molecule has 1 aromatic carbocycles. The Morgan fingerprint density at radius 3 is 2.46 bits per heavy atom. The van der Waals surface area contributed by atoms with Crippen LogP contribution in [0.4, 0.5) is 11.4 Å². The summed E-state index contributed by atoms with van der Waals surface area (Å²) in [4.78, 5) is 15.6. The molecule has 1 amide bonds. The molecule has 152 valence electrons. The predicted octanol–water partition coefficient (Wildman–Crippen LogP) is 4.02. The van der Waals surface area contributed by atoms with Gasteiger partial charge in [-0.1, -0.05) is 31.5 Å². The lowest BCUT2D eigenvalue weighted by molar-refractivity contribution is 0.0977. The summed E-state index contributed by atoms with van der Waals surface area (Å²) in [7, 11) is 0. The third kappa shape index (κ3) is 6.23. The highest BCUT2D eigenvalue weighted by molar-refractivity contribution is 6.33. The summed E-state index contributed by atoms with van der Waals surface area (Å²) in [5.74, 6) is -0.605. The topological polar surface area (TPSA) is 122 Å².